The number of aliphatic hydroxyl groups is 1. The largest absolute Gasteiger partial charge is 0.503 e. The number of pyridine rings is 1. The Kier molecular flexibility index (Phi) is 5.68. The molecule has 0 aliphatic carbocycles. The number of carbonyl (C=O) groups is 2. The molecule has 0 radical (unpaired) electrons. The molecule has 11 heteroatoms. The predicted molar refractivity (Wildman–Crippen MR) is 105 cm³/mol. The maximum atomic E-state index is 13.8. The quantitative estimate of drug-likeness (QED) is 0.654. The lowest BCUT2D eigenvalue weighted by molar-refractivity contribution is 0.0521. The second-order valence-electron chi connectivity index (χ2n) is 7.93. The summed E-state index contributed by atoms with van der Waals surface area (Å²) in [6.07, 6.45) is 1.78. The predicted octanol–water partition coefficient (Wildman–Crippen LogP) is 1.44. The van der Waals surface area contributed by atoms with E-state index in [0.717, 1.165) is 6.20 Å². The van der Waals surface area contributed by atoms with Crippen molar-refractivity contribution in [2.45, 2.75) is 38.0 Å². The van der Waals surface area contributed by atoms with Gasteiger partial charge in [-0.05, 0) is 19.3 Å². The number of hydrogen-bond acceptors (Lipinski definition) is 5. The summed E-state index contributed by atoms with van der Waals surface area (Å²) in [4.78, 5) is 39.4. The van der Waals surface area contributed by atoms with Gasteiger partial charge in [-0.3, -0.25) is 14.4 Å². The first-order valence-electron chi connectivity index (χ1n) is 10.0. The van der Waals surface area contributed by atoms with Crippen LogP contribution in [0.5, 0.6) is 5.75 Å². The van der Waals surface area contributed by atoms with Crippen molar-refractivity contribution in [3.8, 4) is 5.75 Å². The molecule has 2 aromatic rings. The average Bonchev–Trinajstić information content (AvgIpc) is 2.72. The number of fused-ring (bicyclic) bond motifs is 4. The van der Waals surface area contributed by atoms with E-state index in [1.807, 2.05) is 0 Å². The number of nitrogens with one attached hydrogen (secondary N) is 1. The fourth-order valence-corrected chi connectivity index (χ4v) is 4.12. The van der Waals surface area contributed by atoms with Crippen LogP contribution in [0.15, 0.2) is 23.1 Å². The molecule has 3 N–H and O–H groups in total. The maximum absolute atomic E-state index is 13.8. The van der Waals surface area contributed by atoms with Crippen molar-refractivity contribution in [2.24, 2.45) is 0 Å². The normalized spacial score (nSPS) is 20.4. The van der Waals surface area contributed by atoms with Gasteiger partial charge in [-0.2, -0.15) is 0 Å². The number of aromatic hydroxyl groups is 1. The first kappa shape index (κ1) is 21.9. The van der Waals surface area contributed by atoms with Crippen LogP contribution in [0, 0.1) is 17.5 Å². The maximum Gasteiger partial charge on any atom is 0.274 e. The highest BCUT2D eigenvalue weighted by Crippen LogP contribution is 2.31. The van der Waals surface area contributed by atoms with Gasteiger partial charge in [-0.1, -0.05) is 0 Å². The Morgan fingerprint density at radius 2 is 1.81 bits per heavy atom. The van der Waals surface area contributed by atoms with Gasteiger partial charge in [0.2, 0.25) is 5.43 Å². The van der Waals surface area contributed by atoms with Crippen LogP contribution < -0.4 is 10.7 Å². The van der Waals surface area contributed by atoms with E-state index in [1.54, 1.807) is 0 Å². The van der Waals surface area contributed by atoms with Crippen LogP contribution in [0.3, 0.4) is 0 Å². The summed E-state index contributed by atoms with van der Waals surface area (Å²) >= 11 is 0. The monoisotopic (exact) mass is 451 g/mol. The number of hydrogen-bond donors (Lipinski definition) is 3. The second kappa shape index (κ2) is 8.30. The smallest absolute Gasteiger partial charge is 0.274 e. The minimum atomic E-state index is -1.20. The third kappa shape index (κ3) is 3.83. The molecule has 2 aliphatic rings. The van der Waals surface area contributed by atoms with E-state index in [9.17, 15) is 37.8 Å². The highest BCUT2D eigenvalue weighted by molar-refractivity contribution is 5.99. The van der Waals surface area contributed by atoms with Crippen molar-refractivity contribution < 1.29 is 33.0 Å². The van der Waals surface area contributed by atoms with E-state index in [4.69, 9.17) is 0 Å². The molecule has 0 spiro atoms. The van der Waals surface area contributed by atoms with Crippen molar-refractivity contribution in [3.05, 3.63) is 62.8 Å². The molecule has 8 nitrogen and oxygen atoms in total. The molecule has 2 atom stereocenters. The molecule has 2 amide bonds. The number of amides is 2. The molecular weight excluding hydrogens is 431 g/mol. The molecule has 1 fully saturated rings. The van der Waals surface area contributed by atoms with E-state index in [1.165, 1.54) is 9.47 Å². The van der Waals surface area contributed by atoms with Crippen molar-refractivity contribution in [1.29, 1.82) is 0 Å². The van der Waals surface area contributed by atoms with E-state index in [0.29, 0.717) is 31.4 Å². The molecule has 0 saturated carbocycles. The van der Waals surface area contributed by atoms with Crippen LogP contribution in [0.4, 0.5) is 13.2 Å². The Morgan fingerprint density at radius 1 is 1.12 bits per heavy atom. The van der Waals surface area contributed by atoms with Crippen LogP contribution in [0.1, 0.15) is 51.7 Å². The molecule has 170 valence electrons. The lowest BCUT2D eigenvalue weighted by Gasteiger charge is -2.39. The second-order valence-corrected chi connectivity index (χ2v) is 7.93. The molecular formula is C21H20F3N3O5. The highest BCUT2D eigenvalue weighted by Gasteiger charge is 2.36. The van der Waals surface area contributed by atoms with Crippen LogP contribution >= 0.6 is 0 Å². The van der Waals surface area contributed by atoms with E-state index < -0.39 is 64.2 Å². The molecule has 2 unspecified atom stereocenters. The van der Waals surface area contributed by atoms with Crippen LogP contribution in [-0.4, -0.2) is 50.7 Å². The van der Waals surface area contributed by atoms with Gasteiger partial charge in [-0.25, -0.2) is 13.2 Å². The zero-order valence-corrected chi connectivity index (χ0v) is 16.8. The van der Waals surface area contributed by atoms with Crippen LogP contribution in [-0.2, 0) is 6.54 Å². The molecule has 1 saturated heterocycles. The summed E-state index contributed by atoms with van der Waals surface area (Å²) in [6, 6.07) is 0.539. The number of carbonyl (C=O) groups excluding carboxylic acids is 2. The fourth-order valence-electron chi connectivity index (χ4n) is 4.12. The topological polar surface area (TPSA) is 112 Å². The van der Waals surface area contributed by atoms with Gasteiger partial charge >= 0.3 is 0 Å². The molecule has 1 aromatic heterocycles. The summed E-state index contributed by atoms with van der Waals surface area (Å²) < 4.78 is 42.0. The number of nitrogens with zero attached hydrogens (tertiary/aromatic N) is 2. The van der Waals surface area contributed by atoms with Gasteiger partial charge in [0.05, 0.1) is 12.1 Å². The Balaban J connectivity index is 1.66. The van der Waals surface area contributed by atoms with E-state index in [2.05, 4.69) is 5.32 Å². The number of aromatic nitrogens is 1. The summed E-state index contributed by atoms with van der Waals surface area (Å²) in [5, 5.41) is 22.6. The summed E-state index contributed by atoms with van der Waals surface area (Å²) in [5.41, 5.74) is -2.45. The zero-order valence-electron chi connectivity index (χ0n) is 16.8. The van der Waals surface area contributed by atoms with Crippen LogP contribution in [0.2, 0.25) is 0 Å². The number of aliphatic hydroxyl groups excluding tert-OH is 1. The van der Waals surface area contributed by atoms with Crippen molar-refractivity contribution >= 4 is 11.8 Å². The van der Waals surface area contributed by atoms with Crippen LogP contribution in [0.25, 0.3) is 0 Å². The minimum absolute atomic E-state index is 0.241. The third-order valence-corrected chi connectivity index (χ3v) is 5.87. The highest BCUT2D eigenvalue weighted by atomic mass is 19.1. The Morgan fingerprint density at radius 3 is 2.50 bits per heavy atom. The standard InChI is InChI=1S/C21H20F3N3O5/c22-10-5-15(23)13(16(24)6-10)7-25-20(31)14-9-27-11-1-2-12(28)3-4-26(8-11)21(32)17(27)19(30)18(14)29/h5-6,9,11-12,28,30H,1-4,7-8H2,(H,25,31). The molecule has 2 bridgehead atoms. The van der Waals surface area contributed by atoms with Gasteiger partial charge in [0.15, 0.2) is 11.4 Å². The SMILES string of the molecule is O=C(NCc1c(F)cc(F)cc1F)c1cn2c(c(O)c1=O)C(=O)N1CCC(O)CCC2C1. The first-order valence-corrected chi connectivity index (χ1v) is 10.0. The summed E-state index contributed by atoms with van der Waals surface area (Å²) in [5.74, 6) is -6.02. The van der Waals surface area contributed by atoms with Gasteiger partial charge in [0, 0.05) is 43.5 Å². The molecule has 2 aliphatic heterocycles. The van der Waals surface area contributed by atoms with E-state index >= 15 is 0 Å². The molecule has 32 heavy (non-hydrogen) atoms. The zero-order chi connectivity index (χ0) is 23.2. The van der Waals surface area contributed by atoms with Crippen molar-refractivity contribution in [3.63, 3.8) is 0 Å². The Hall–Kier alpha value is -3.34. The Bertz CT molecular complexity index is 1140. The summed E-state index contributed by atoms with van der Waals surface area (Å²) in [6.45, 7) is -0.115. The molecule has 4 rings (SSSR count). The number of rotatable bonds is 3. The van der Waals surface area contributed by atoms with Gasteiger partial charge in [0.1, 0.15) is 23.0 Å². The van der Waals surface area contributed by atoms with Crippen molar-refractivity contribution in [1.82, 2.24) is 14.8 Å². The average molecular weight is 451 g/mol. The fraction of sp³-hybridized carbons (Fsp3) is 0.381. The summed E-state index contributed by atoms with van der Waals surface area (Å²) in [7, 11) is 0. The van der Waals surface area contributed by atoms with Gasteiger partial charge < -0.3 is 25.0 Å². The number of halogens is 3. The molecule has 3 heterocycles. The minimum Gasteiger partial charge on any atom is -0.503 e. The lowest BCUT2D eigenvalue weighted by atomic mass is 9.98. The van der Waals surface area contributed by atoms with Crippen molar-refractivity contribution in [2.75, 3.05) is 13.1 Å². The lowest BCUT2D eigenvalue weighted by Crippen LogP contribution is -2.47. The Labute approximate surface area is 179 Å². The van der Waals surface area contributed by atoms with E-state index in [-0.39, 0.29) is 24.8 Å². The third-order valence-electron chi connectivity index (χ3n) is 5.87. The van der Waals surface area contributed by atoms with Gasteiger partial charge in [0.25, 0.3) is 11.8 Å². The number of benzene rings is 1. The molecule has 1 aromatic carbocycles. The van der Waals surface area contributed by atoms with Gasteiger partial charge in [-0.15, -0.1) is 0 Å². The first-order chi connectivity index (χ1) is 15.2.